The average Bonchev–Trinajstić information content (AvgIpc) is 2.46. The molecule has 1 unspecified atom stereocenters. The molecule has 1 aliphatic rings. The Labute approximate surface area is 124 Å². The van der Waals surface area contributed by atoms with E-state index < -0.39 is 11.5 Å². The summed E-state index contributed by atoms with van der Waals surface area (Å²) in [6.45, 7) is 3.63. The second-order valence-electron chi connectivity index (χ2n) is 5.41. The van der Waals surface area contributed by atoms with Crippen molar-refractivity contribution < 1.29 is 19.4 Å². The molecule has 0 bridgehead atoms. The van der Waals surface area contributed by atoms with E-state index in [-0.39, 0.29) is 5.91 Å². The summed E-state index contributed by atoms with van der Waals surface area (Å²) in [5, 5.41) is 9.77. The number of methoxy groups -OCH3 is 1. The Kier molecular flexibility index (Phi) is 4.21. The Morgan fingerprint density at radius 2 is 2.10 bits per heavy atom. The quantitative estimate of drug-likeness (QED) is 0.919. The molecule has 0 heterocycles. The number of carboxylic acids is 1. The van der Waals surface area contributed by atoms with Gasteiger partial charge in [0.1, 0.15) is 11.3 Å². The molecule has 114 valence electrons. The normalized spacial score (nSPS) is 20.5. The van der Waals surface area contributed by atoms with Gasteiger partial charge in [-0.05, 0) is 43.0 Å². The summed E-state index contributed by atoms with van der Waals surface area (Å²) < 4.78 is 5.22. The first-order chi connectivity index (χ1) is 9.94. The van der Waals surface area contributed by atoms with E-state index in [1.807, 2.05) is 25.1 Å². The van der Waals surface area contributed by atoms with Gasteiger partial charge >= 0.3 is 5.97 Å². The molecule has 1 aliphatic carbocycles. The number of benzene rings is 1. The molecule has 0 radical (unpaired) electrons. The first-order valence-corrected chi connectivity index (χ1v) is 7.12. The van der Waals surface area contributed by atoms with Crippen molar-refractivity contribution in [3.63, 3.8) is 0 Å². The first kappa shape index (κ1) is 15.4. The molecule has 5 heteroatoms. The van der Waals surface area contributed by atoms with Crippen molar-refractivity contribution in [1.82, 2.24) is 4.90 Å². The van der Waals surface area contributed by atoms with E-state index in [1.54, 1.807) is 7.11 Å². The molecular formula is C16H21NO4. The predicted molar refractivity (Wildman–Crippen MR) is 78.4 cm³/mol. The van der Waals surface area contributed by atoms with Crippen LogP contribution in [0.15, 0.2) is 18.2 Å². The Hall–Kier alpha value is -2.04. The van der Waals surface area contributed by atoms with Crippen LogP contribution in [0.2, 0.25) is 0 Å². The van der Waals surface area contributed by atoms with Crippen LogP contribution in [0, 0.1) is 0 Å². The van der Waals surface area contributed by atoms with Crippen LogP contribution >= 0.6 is 0 Å². The summed E-state index contributed by atoms with van der Waals surface area (Å²) in [7, 11) is 1.59. The molecule has 1 aromatic rings. The van der Waals surface area contributed by atoms with Gasteiger partial charge in [0.25, 0.3) is 0 Å². The molecule has 1 N–H and O–H groups in total. The number of aryl methyl sites for hydroxylation is 1. The van der Waals surface area contributed by atoms with Gasteiger partial charge < -0.3 is 14.7 Å². The van der Waals surface area contributed by atoms with Crippen molar-refractivity contribution in [2.24, 2.45) is 0 Å². The van der Waals surface area contributed by atoms with Gasteiger partial charge in [-0.25, -0.2) is 4.79 Å². The molecule has 0 aromatic heterocycles. The number of fused-ring (bicyclic) bond motifs is 1. The van der Waals surface area contributed by atoms with E-state index in [1.165, 1.54) is 11.8 Å². The Morgan fingerprint density at radius 1 is 1.38 bits per heavy atom. The third-order valence-electron chi connectivity index (χ3n) is 4.32. The smallest absolute Gasteiger partial charge is 0.329 e. The van der Waals surface area contributed by atoms with E-state index in [0.717, 1.165) is 11.1 Å². The molecule has 21 heavy (non-hydrogen) atoms. The lowest BCUT2D eigenvalue weighted by atomic mass is 9.76. The van der Waals surface area contributed by atoms with Crippen LogP contribution in [0.3, 0.4) is 0 Å². The fraction of sp³-hybridized carbons (Fsp3) is 0.500. The van der Waals surface area contributed by atoms with Crippen LogP contribution < -0.4 is 4.74 Å². The van der Waals surface area contributed by atoms with Gasteiger partial charge in [-0.1, -0.05) is 6.07 Å². The van der Waals surface area contributed by atoms with Gasteiger partial charge in [0, 0.05) is 19.9 Å². The molecular weight excluding hydrogens is 270 g/mol. The summed E-state index contributed by atoms with van der Waals surface area (Å²) in [4.78, 5) is 25.2. The van der Waals surface area contributed by atoms with Crippen LogP contribution in [0.5, 0.6) is 5.75 Å². The predicted octanol–water partition coefficient (Wildman–Crippen LogP) is 1.88. The van der Waals surface area contributed by atoms with Gasteiger partial charge in [-0.15, -0.1) is 0 Å². The number of carbonyl (C=O) groups is 2. The van der Waals surface area contributed by atoms with Crippen LogP contribution in [-0.4, -0.2) is 41.1 Å². The van der Waals surface area contributed by atoms with Gasteiger partial charge in [0.05, 0.1) is 7.11 Å². The minimum atomic E-state index is -1.15. The van der Waals surface area contributed by atoms with Crippen LogP contribution in [-0.2, 0) is 22.4 Å². The second-order valence-corrected chi connectivity index (χ2v) is 5.41. The van der Waals surface area contributed by atoms with E-state index in [2.05, 4.69) is 0 Å². The van der Waals surface area contributed by atoms with Crippen molar-refractivity contribution in [3.8, 4) is 5.75 Å². The third-order valence-corrected chi connectivity index (χ3v) is 4.32. The van der Waals surface area contributed by atoms with Crippen molar-refractivity contribution in [2.45, 2.75) is 38.6 Å². The molecule has 0 saturated heterocycles. The number of carboxylic acid groups (broad SMARTS) is 1. The highest BCUT2D eigenvalue weighted by Crippen LogP contribution is 2.35. The maximum absolute atomic E-state index is 11.9. The summed E-state index contributed by atoms with van der Waals surface area (Å²) in [6, 6.07) is 5.74. The molecule has 1 aromatic carbocycles. The molecule has 2 rings (SSSR count). The van der Waals surface area contributed by atoms with Crippen molar-refractivity contribution in [1.29, 1.82) is 0 Å². The minimum Gasteiger partial charge on any atom is -0.497 e. The molecule has 1 atom stereocenters. The lowest BCUT2D eigenvalue weighted by Gasteiger charge is -2.43. The Balaban J connectivity index is 2.46. The zero-order valence-electron chi connectivity index (χ0n) is 12.7. The van der Waals surface area contributed by atoms with Gasteiger partial charge in [0.2, 0.25) is 5.91 Å². The highest BCUT2D eigenvalue weighted by molar-refractivity contribution is 5.87. The number of likely N-dealkylation sites (N-methyl/N-ethyl adjacent to an activating group) is 1. The molecule has 0 saturated carbocycles. The fourth-order valence-electron chi connectivity index (χ4n) is 3.24. The average molecular weight is 291 g/mol. The number of ether oxygens (including phenoxy) is 1. The highest BCUT2D eigenvalue weighted by atomic mass is 16.5. The number of hydrogen-bond acceptors (Lipinski definition) is 3. The molecule has 0 aliphatic heterocycles. The molecule has 5 nitrogen and oxygen atoms in total. The number of aliphatic carboxylic acids is 1. The van der Waals surface area contributed by atoms with Crippen molar-refractivity contribution in [2.75, 3.05) is 13.7 Å². The number of hydrogen-bond donors (Lipinski definition) is 1. The van der Waals surface area contributed by atoms with E-state index in [0.29, 0.717) is 31.6 Å². The minimum absolute atomic E-state index is 0.203. The van der Waals surface area contributed by atoms with Gasteiger partial charge in [-0.2, -0.15) is 0 Å². The summed E-state index contributed by atoms with van der Waals surface area (Å²) >= 11 is 0. The van der Waals surface area contributed by atoms with Crippen LogP contribution in [0.4, 0.5) is 0 Å². The fourth-order valence-corrected chi connectivity index (χ4v) is 3.24. The lowest BCUT2D eigenvalue weighted by molar-refractivity contribution is -0.159. The van der Waals surface area contributed by atoms with Crippen molar-refractivity contribution in [3.05, 3.63) is 29.3 Å². The van der Waals surface area contributed by atoms with Gasteiger partial charge in [-0.3, -0.25) is 4.79 Å². The topological polar surface area (TPSA) is 66.8 Å². The monoisotopic (exact) mass is 291 g/mol. The summed E-state index contributed by atoms with van der Waals surface area (Å²) in [6.07, 6.45) is 1.41. The molecule has 0 spiro atoms. The summed E-state index contributed by atoms with van der Waals surface area (Å²) in [5.41, 5.74) is 0.926. The molecule has 0 fully saturated rings. The number of rotatable bonds is 4. The van der Waals surface area contributed by atoms with Crippen molar-refractivity contribution >= 4 is 11.9 Å². The standard InChI is InChI=1S/C16H21NO4/c1-4-17(11(2)18)16(15(19)20)8-7-12-5-6-14(21-3)9-13(12)10-16/h5-6,9H,4,7-8,10H2,1-3H3,(H,19,20). The maximum Gasteiger partial charge on any atom is 0.329 e. The highest BCUT2D eigenvalue weighted by Gasteiger charge is 2.47. The largest absolute Gasteiger partial charge is 0.497 e. The number of amides is 1. The summed E-state index contributed by atoms with van der Waals surface area (Å²) in [5.74, 6) is -0.430. The first-order valence-electron chi connectivity index (χ1n) is 7.12. The molecule has 1 amide bonds. The Morgan fingerprint density at radius 3 is 2.62 bits per heavy atom. The third kappa shape index (κ3) is 2.60. The van der Waals surface area contributed by atoms with E-state index in [9.17, 15) is 14.7 Å². The van der Waals surface area contributed by atoms with E-state index >= 15 is 0 Å². The SMILES string of the molecule is CCN(C(C)=O)C1(C(=O)O)CCc2ccc(OC)cc2C1. The number of nitrogens with zero attached hydrogens (tertiary/aromatic N) is 1. The lowest BCUT2D eigenvalue weighted by Crippen LogP contribution is -2.59. The van der Waals surface area contributed by atoms with E-state index in [4.69, 9.17) is 4.74 Å². The second kappa shape index (κ2) is 5.76. The Bertz CT molecular complexity index is 569. The zero-order chi connectivity index (χ0) is 15.6. The van der Waals surface area contributed by atoms with Crippen LogP contribution in [0.25, 0.3) is 0 Å². The number of carbonyl (C=O) groups excluding carboxylic acids is 1. The zero-order valence-corrected chi connectivity index (χ0v) is 12.7. The van der Waals surface area contributed by atoms with Gasteiger partial charge in [0.15, 0.2) is 0 Å². The maximum atomic E-state index is 11.9. The van der Waals surface area contributed by atoms with Crippen LogP contribution in [0.1, 0.15) is 31.4 Å².